The number of amides is 1. The third kappa shape index (κ3) is 4.82. The van der Waals surface area contributed by atoms with Crippen LogP contribution in [0.4, 0.5) is 0 Å². The average molecular weight is 456 g/mol. The lowest BCUT2D eigenvalue weighted by Gasteiger charge is -2.09. The first-order valence-electron chi connectivity index (χ1n) is 7.07. The molecule has 2 aromatic rings. The number of carbonyl (C=O) groups excluding carboxylic acids is 1. The molecular formula is C17H16Br2N2O3. The maximum Gasteiger partial charge on any atom is 0.277 e. The first kappa shape index (κ1) is 18.5. The fraction of sp³-hybridized carbons (Fsp3) is 0.176. The predicted octanol–water partition coefficient (Wildman–Crippen LogP) is 4.06. The van der Waals surface area contributed by atoms with Gasteiger partial charge in [-0.2, -0.15) is 5.10 Å². The number of halogens is 2. The third-order valence-electron chi connectivity index (χ3n) is 3.36. The van der Waals surface area contributed by atoms with Crippen LogP contribution in [0.2, 0.25) is 0 Å². The SMILES string of the molecule is Cc1cccc(OCC(=O)NN=Cc2cc(Br)c(O)c(Br)c2)c1C. The van der Waals surface area contributed by atoms with E-state index in [0.29, 0.717) is 20.3 Å². The van der Waals surface area contributed by atoms with Gasteiger partial charge in [-0.15, -0.1) is 0 Å². The van der Waals surface area contributed by atoms with Crippen LogP contribution in [0.25, 0.3) is 0 Å². The monoisotopic (exact) mass is 454 g/mol. The quantitative estimate of drug-likeness (QED) is 0.527. The molecule has 0 aliphatic heterocycles. The number of aromatic hydroxyl groups is 1. The Morgan fingerprint density at radius 1 is 1.29 bits per heavy atom. The van der Waals surface area contributed by atoms with Gasteiger partial charge in [0.2, 0.25) is 0 Å². The lowest BCUT2D eigenvalue weighted by atomic mass is 10.1. The average Bonchev–Trinajstić information content (AvgIpc) is 2.54. The number of hydrogen-bond acceptors (Lipinski definition) is 4. The normalized spacial score (nSPS) is 10.8. The number of phenols is 1. The minimum absolute atomic E-state index is 0.109. The molecule has 0 aromatic heterocycles. The summed E-state index contributed by atoms with van der Waals surface area (Å²) in [6.07, 6.45) is 1.48. The van der Waals surface area contributed by atoms with Crippen molar-refractivity contribution >= 4 is 44.0 Å². The molecule has 0 aliphatic rings. The lowest BCUT2D eigenvalue weighted by Crippen LogP contribution is -2.24. The van der Waals surface area contributed by atoms with Crippen LogP contribution in [0.1, 0.15) is 16.7 Å². The molecule has 126 valence electrons. The summed E-state index contributed by atoms with van der Waals surface area (Å²) in [6, 6.07) is 9.06. The van der Waals surface area contributed by atoms with Crippen LogP contribution in [-0.2, 0) is 4.79 Å². The highest BCUT2D eigenvalue weighted by Crippen LogP contribution is 2.32. The first-order chi connectivity index (χ1) is 11.4. The number of aryl methyl sites for hydroxylation is 1. The van der Waals surface area contributed by atoms with E-state index in [1.54, 1.807) is 12.1 Å². The van der Waals surface area contributed by atoms with E-state index in [1.807, 2.05) is 32.0 Å². The number of phenolic OH excluding ortho intramolecular Hbond substituents is 1. The third-order valence-corrected chi connectivity index (χ3v) is 4.56. The molecule has 0 atom stereocenters. The molecule has 0 unspecified atom stereocenters. The molecule has 0 saturated heterocycles. The molecule has 7 heteroatoms. The van der Waals surface area contributed by atoms with Crippen molar-refractivity contribution < 1.29 is 14.6 Å². The van der Waals surface area contributed by atoms with E-state index in [1.165, 1.54) is 6.21 Å². The Morgan fingerprint density at radius 3 is 2.62 bits per heavy atom. The van der Waals surface area contributed by atoms with Crippen LogP contribution < -0.4 is 10.2 Å². The molecule has 0 fully saturated rings. The summed E-state index contributed by atoms with van der Waals surface area (Å²) in [6.45, 7) is 3.81. The van der Waals surface area contributed by atoms with Gasteiger partial charge in [0.25, 0.3) is 5.91 Å². The van der Waals surface area contributed by atoms with Gasteiger partial charge in [0.05, 0.1) is 15.2 Å². The van der Waals surface area contributed by atoms with Crippen molar-refractivity contribution in [2.75, 3.05) is 6.61 Å². The van der Waals surface area contributed by atoms with Crippen molar-refractivity contribution in [1.82, 2.24) is 5.43 Å². The van der Waals surface area contributed by atoms with Crippen LogP contribution in [0.5, 0.6) is 11.5 Å². The fourth-order valence-electron chi connectivity index (χ4n) is 1.89. The zero-order valence-electron chi connectivity index (χ0n) is 13.1. The minimum Gasteiger partial charge on any atom is -0.506 e. The van der Waals surface area contributed by atoms with Gasteiger partial charge >= 0.3 is 0 Å². The van der Waals surface area contributed by atoms with Gasteiger partial charge in [-0.1, -0.05) is 12.1 Å². The van der Waals surface area contributed by atoms with E-state index in [0.717, 1.165) is 11.1 Å². The second-order valence-corrected chi connectivity index (χ2v) is 6.82. The summed E-state index contributed by atoms with van der Waals surface area (Å²) in [5, 5.41) is 13.5. The number of hydrazone groups is 1. The molecule has 0 radical (unpaired) electrons. The van der Waals surface area contributed by atoms with Crippen molar-refractivity contribution in [1.29, 1.82) is 0 Å². The second kappa shape index (κ2) is 8.30. The number of hydrogen-bond donors (Lipinski definition) is 2. The molecular weight excluding hydrogens is 440 g/mol. The Balaban J connectivity index is 1.90. The number of rotatable bonds is 5. The van der Waals surface area contributed by atoms with Crippen LogP contribution >= 0.6 is 31.9 Å². The van der Waals surface area contributed by atoms with Gasteiger partial charge in [-0.3, -0.25) is 4.79 Å². The largest absolute Gasteiger partial charge is 0.506 e. The Morgan fingerprint density at radius 2 is 1.96 bits per heavy atom. The molecule has 0 aliphatic carbocycles. The summed E-state index contributed by atoms with van der Waals surface area (Å²) in [7, 11) is 0. The van der Waals surface area contributed by atoms with Crippen molar-refractivity contribution in [3.05, 3.63) is 56.0 Å². The number of benzene rings is 2. The van der Waals surface area contributed by atoms with E-state index in [2.05, 4.69) is 42.4 Å². The minimum atomic E-state index is -0.357. The topological polar surface area (TPSA) is 70.9 Å². The molecule has 2 N–H and O–H groups in total. The molecule has 0 heterocycles. The molecule has 24 heavy (non-hydrogen) atoms. The highest BCUT2D eigenvalue weighted by Gasteiger charge is 2.06. The van der Waals surface area contributed by atoms with Gasteiger partial charge in [-0.25, -0.2) is 5.43 Å². The highest BCUT2D eigenvalue weighted by molar-refractivity contribution is 9.11. The Hall–Kier alpha value is -1.86. The highest BCUT2D eigenvalue weighted by atomic mass is 79.9. The van der Waals surface area contributed by atoms with E-state index < -0.39 is 0 Å². The van der Waals surface area contributed by atoms with Crippen LogP contribution in [-0.4, -0.2) is 23.8 Å². The van der Waals surface area contributed by atoms with Crippen LogP contribution in [0, 0.1) is 13.8 Å². The van der Waals surface area contributed by atoms with Gasteiger partial charge in [0.1, 0.15) is 11.5 Å². The molecule has 2 aromatic carbocycles. The Kier molecular flexibility index (Phi) is 6.39. The fourth-order valence-corrected chi connectivity index (χ4v) is 3.12. The summed E-state index contributed by atoms with van der Waals surface area (Å²) >= 11 is 6.46. The van der Waals surface area contributed by atoms with Crippen LogP contribution in [0.15, 0.2) is 44.4 Å². The lowest BCUT2D eigenvalue weighted by molar-refractivity contribution is -0.123. The number of nitrogens with zero attached hydrogens (tertiary/aromatic N) is 1. The summed E-state index contributed by atoms with van der Waals surface area (Å²) in [5.74, 6) is 0.433. The molecule has 1 amide bonds. The zero-order valence-corrected chi connectivity index (χ0v) is 16.3. The van der Waals surface area contributed by atoms with Crippen molar-refractivity contribution in [2.45, 2.75) is 13.8 Å². The predicted molar refractivity (Wildman–Crippen MR) is 101 cm³/mol. The van der Waals surface area contributed by atoms with Gasteiger partial charge < -0.3 is 9.84 Å². The second-order valence-electron chi connectivity index (χ2n) is 5.11. The molecule has 0 saturated carbocycles. The van der Waals surface area contributed by atoms with Gasteiger partial charge in [0, 0.05) is 0 Å². The van der Waals surface area contributed by atoms with Crippen molar-refractivity contribution in [3.63, 3.8) is 0 Å². The number of carbonyl (C=O) groups is 1. The van der Waals surface area contributed by atoms with E-state index in [-0.39, 0.29) is 18.3 Å². The molecule has 2 rings (SSSR count). The van der Waals surface area contributed by atoms with E-state index >= 15 is 0 Å². The van der Waals surface area contributed by atoms with Crippen LogP contribution in [0.3, 0.4) is 0 Å². The Labute approximate surface area is 157 Å². The molecule has 0 spiro atoms. The maximum atomic E-state index is 11.8. The summed E-state index contributed by atoms with van der Waals surface area (Å²) in [5.41, 5.74) is 5.22. The Bertz CT molecular complexity index is 768. The van der Waals surface area contributed by atoms with Gasteiger partial charge in [-0.05, 0) is 80.6 Å². The van der Waals surface area contributed by atoms with Crippen molar-refractivity contribution in [3.8, 4) is 11.5 Å². The first-order valence-corrected chi connectivity index (χ1v) is 8.66. The smallest absolute Gasteiger partial charge is 0.277 e. The van der Waals surface area contributed by atoms with E-state index in [9.17, 15) is 9.90 Å². The summed E-state index contributed by atoms with van der Waals surface area (Å²) < 4.78 is 6.56. The molecule has 5 nitrogen and oxygen atoms in total. The van der Waals surface area contributed by atoms with Crippen molar-refractivity contribution in [2.24, 2.45) is 5.10 Å². The number of ether oxygens (including phenoxy) is 1. The van der Waals surface area contributed by atoms with E-state index in [4.69, 9.17) is 4.74 Å². The maximum absolute atomic E-state index is 11.8. The molecule has 0 bridgehead atoms. The summed E-state index contributed by atoms with van der Waals surface area (Å²) in [4.78, 5) is 11.8. The standard InChI is InChI=1S/C17H16Br2N2O3/c1-10-4-3-5-15(11(10)2)24-9-16(22)21-20-8-12-6-13(18)17(23)14(19)7-12/h3-8,23H,9H2,1-2H3,(H,21,22). The van der Waals surface area contributed by atoms with Gasteiger partial charge in [0.15, 0.2) is 6.61 Å². The number of nitrogens with one attached hydrogen (secondary N) is 1. The zero-order chi connectivity index (χ0) is 17.7.